The maximum Gasteiger partial charge on any atom is 0.460 e. The molecule has 27 heavy (non-hydrogen) atoms. The summed E-state index contributed by atoms with van der Waals surface area (Å²) in [5.74, 6) is -11.6. The fourth-order valence-corrected chi connectivity index (χ4v) is 2.03. The second-order valence-electron chi connectivity index (χ2n) is 5.80. The summed E-state index contributed by atoms with van der Waals surface area (Å²) in [4.78, 5) is 1.86. The quantitative estimate of drug-likeness (QED) is 0.423. The van der Waals surface area contributed by atoms with E-state index in [1.165, 1.54) is 0 Å². The van der Waals surface area contributed by atoms with E-state index in [-0.39, 0.29) is 5.69 Å². The van der Waals surface area contributed by atoms with E-state index in [1.807, 2.05) is 19.0 Å². The SMILES string of the molecule is CN(C)c1ccc(N=Nc2ccc(C(F)(F)C(F)(F)C(F)(F)F)cc2)cc1. The van der Waals surface area contributed by atoms with Gasteiger partial charge in [-0.3, -0.25) is 0 Å². The maximum absolute atomic E-state index is 13.6. The average molecular weight is 393 g/mol. The van der Waals surface area contributed by atoms with Crippen LogP contribution < -0.4 is 4.90 Å². The zero-order valence-corrected chi connectivity index (χ0v) is 14.1. The minimum atomic E-state index is -6.38. The third-order valence-corrected chi connectivity index (χ3v) is 3.63. The van der Waals surface area contributed by atoms with Crippen molar-refractivity contribution in [2.24, 2.45) is 10.2 Å². The van der Waals surface area contributed by atoms with Crippen molar-refractivity contribution >= 4 is 17.1 Å². The lowest BCUT2D eigenvalue weighted by Gasteiger charge is -2.28. The Bertz CT molecular complexity index is 795. The molecule has 0 aliphatic rings. The van der Waals surface area contributed by atoms with Gasteiger partial charge in [0.15, 0.2) is 0 Å². The second-order valence-corrected chi connectivity index (χ2v) is 5.80. The van der Waals surface area contributed by atoms with Crippen molar-refractivity contribution in [1.29, 1.82) is 0 Å². The lowest BCUT2D eigenvalue weighted by atomic mass is 10.0. The molecule has 0 amide bonds. The molecule has 0 spiro atoms. The molecule has 3 nitrogen and oxygen atoms in total. The monoisotopic (exact) mass is 393 g/mol. The standard InChI is InChI=1S/C17H14F7N3/c1-27(2)14-9-7-13(8-10-14)26-25-12-5-3-11(4-6-12)15(18,19)16(20,21)17(22,23)24/h3-10H,1-2H3. The number of halogens is 7. The average Bonchev–Trinajstić information content (AvgIpc) is 2.59. The minimum Gasteiger partial charge on any atom is -0.378 e. The third-order valence-electron chi connectivity index (χ3n) is 3.63. The summed E-state index contributed by atoms with van der Waals surface area (Å²) in [6.45, 7) is 0. The Balaban J connectivity index is 2.19. The first-order chi connectivity index (χ1) is 12.4. The Morgan fingerprint density at radius 3 is 1.44 bits per heavy atom. The zero-order valence-electron chi connectivity index (χ0n) is 14.1. The number of nitrogens with zero attached hydrogens (tertiary/aromatic N) is 3. The first-order valence-electron chi connectivity index (χ1n) is 7.48. The molecular formula is C17H14F7N3. The van der Waals surface area contributed by atoms with Crippen LogP contribution in [0.25, 0.3) is 0 Å². The number of azo groups is 1. The summed E-state index contributed by atoms with van der Waals surface area (Å²) in [5, 5.41) is 7.59. The van der Waals surface area contributed by atoms with Crippen LogP contribution in [0.5, 0.6) is 0 Å². The molecule has 0 N–H and O–H groups in total. The number of anilines is 1. The van der Waals surface area contributed by atoms with Crippen molar-refractivity contribution in [1.82, 2.24) is 0 Å². The van der Waals surface area contributed by atoms with Crippen LogP contribution in [0.1, 0.15) is 5.56 Å². The van der Waals surface area contributed by atoms with Crippen molar-refractivity contribution in [2.75, 3.05) is 19.0 Å². The molecule has 0 aliphatic carbocycles. The van der Waals surface area contributed by atoms with E-state index in [0.29, 0.717) is 17.8 Å². The van der Waals surface area contributed by atoms with Gasteiger partial charge < -0.3 is 4.90 Å². The highest BCUT2D eigenvalue weighted by Gasteiger charge is 2.73. The smallest absolute Gasteiger partial charge is 0.378 e. The van der Waals surface area contributed by atoms with Crippen molar-refractivity contribution in [3.63, 3.8) is 0 Å². The maximum atomic E-state index is 13.6. The first kappa shape index (κ1) is 20.7. The van der Waals surface area contributed by atoms with Gasteiger partial charge in [-0.05, 0) is 36.4 Å². The van der Waals surface area contributed by atoms with Gasteiger partial charge in [-0.25, -0.2) is 0 Å². The summed E-state index contributed by atoms with van der Waals surface area (Å²) < 4.78 is 89.9. The van der Waals surface area contributed by atoms with Gasteiger partial charge >= 0.3 is 18.0 Å². The van der Waals surface area contributed by atoms with Gasteiger partial charge in [0.2, 0.25) is 0 Å². The largest absolute Gasteiger partial charge is 0.460 e. The molecule has 0 saturated heterocycles. The van der Waals surface area contributed by atoms with Gasteiger partial charge in [-0.2, -0.15) is 41.0 Å². The fourth-order valence-electron chi connectivity index (χ4n) is 2.03. The van der Waals surface area contributed by atoms with Crippen LogP contribution in [-0.4, -0.2) is 26.2 Å². The van der Waals surface area contributed by atoms with Gasteiger partial charge in [0.25, 0.3) is 0 Å². The number of benzene rings is 2. The van der Waals surface area contributed by atoms with E-state index >= 15 is 0 Å². The van der Waals surface area contributed by atoms with E-state index < -0.39 is 23.6 Å². The van der Waals surface area contributed by atoms with Crippen molar-refractivity contribution in [2.45, 2.75) is 18.0 Å². The molecule has 2 rings (SSSR count). The van der Waals surface area contributed by atoms with Crippen molar-refractivity contribution in [3.05, 3.63) is 54.1 Å². The summed E-state index contributed by atoms with van der Waals surface area (Å²) in [7, 11) is 3.69. The molecule has 0 atom stereocenters. The van der Waals surface area contributed by atoms with Crippen LogP contribution in [0.2, 0.25) is 0 Å². The van der Waals surface area contributed by atoms with Gasteiger partial charge in [-0.15, -0.1) is 0 Å². The minimum absolute atomic E-state index is 0.0153. The Hall–Kier alpha value is -2.65. The fraction of sp³-hybridized carbons (Fsp3) is 0.294. The normalized spacial score (nSPS) is 13.2. The molecule has 0 fully saturated rings. The first-order valence-corrected chi connectivity index (χ1v) is 7.48. The molecular weight excluding hydrogens is 379 g/mol. The highest BCUT2D eigenvalue weighted by Crippen LogP contribution is 2.51. The molecule has 0 aliphatic heterocycles. The molecule has 0 unspecified atom stereocenters. The van der Waals surface area contributed by atoms with Crippen LogP contribution >= 0.6 is 0 Å². The van der Waals surface area contributed by atoms with Gasteiger partial charge in [0, 0.05) is 25.3 Å². The topological polar surface area (TPSA) is 28.0 Å². The number of rotatable bonds is 5. The molecule has 0 radical (unpaired) electrons. The summed E-state index contributed by atoms with van der Waals surface area (Å²) in [5.41, 5.74) is -0.106. The van der Waals surface area contributed by atoms with E-state index in [4.69, 9.17) is 0 Å². The lowest BCUT2D eigenvalue weighted by Crippen LogP contribution is -2.49. The number of alkyl halides is 7. The van der Waals surface area contributed by atoms with Gasteiger partial charge in [0.05, 0.1) is 11.4 Å². The molecule has 0 heterocycles. The van der Waals surface area contributed by atoms with Crippen molar-refractivity contribution in [3.8, 4) is 0 Å². The summed E-state index contributed by atoms with van der Waals surface area (Å²) in [6, 6.07) is 9.50. The van der Waals surface area contributed by atoms with Gasteiger partial charge in [-0.1, -0.05) is 12.1 Å². The van der Waals surface area contributed by atoms with Crippen molar-refractivity contribution < 1.29 is 30.7 Å². The predicted octanol–water partition coefficient (Wildman–Crippen LogP) is 6.46. The highest BCUT2D eigenvalue weighted by atomic mass is 19.4. The van der Waals surface area contributed by atoms with Crippen LogP contribution in [-0.2, 0) is 5.92 Å². The van der Waals surface area contributed by atoms with E-state index in [1.54, 1.807) is 24.3 Å². The van der Waals surface area contributed by atoms with E-state index in [2.05, 4.69) is 10.2 Å². The highest BCUT2D eigenvalue weighted by molar-refractivity contribution is 5.52. The van der Waals surface area contributed by atoms with Crippen LogP contribution in [0.4, 0.5) is 47.8 Å². The Labute approximate surface area is 150 Å². The second kappa shape index (κ2) is 7.16. The third kappa shape index (κ3) is 4.20. The van der Waals surface area contributed by atoms with Crippen LogP contribution in [0.15, 0.2) is 58.8 Å². The summed E-state index contributed by atoms with van der Waals surface area (Å²) in [6.07, 6.45) is -6.38. The molecule has 0 saturated carbocycles. The lowest BCUT2D eigenvalue weighted by molar-refractivity contribution is -0.359. The number of hydrogen-bond acceptors (Lipinski definition) is 3. The zero-order chi connectivity index (χ0) is 20.5. The number of hydrogen-bond donors (Lipinski definition) is 0. The van der Waals surface area contributed by atoms with E-state index in [9.17, 15) is 30.7 Å². The molecule has 2 aromatic carbocycles. The molecule has 0 aromatic heterocycles. The van der Waals surface area contributed by atoms with E-state index in [0.717, 1.165) is 17.8 Å². The van der Waals surface area contributed by atoms with Gasteiger partial charge in [0.1, 0.15) is 0 Å². The predicted molar refractivity (Wildman–Crippen MR) is 86.3 cm³/mol. The Morgan fingerprint density at radius 2 is 1.07 bits per heavy atom. The van der Waals surface area contributed by atoms with Crippen LogP contribution in [0, 0.1) is 0 Å². The molecule has 2 aromatic rings. The molecule has 0 bridgehead atoms. The Kier molecular flexibility index (Phi) is 5.48. The van der Waals surface area contributed by atoms with Crippen LogP contribution in [0.3, 0.4) is 0 Å². The summed E-state index contributed by atoms with van der Waals surface area (Å²) >= 11 is 0. The molecule has 146 valence electrons. The molecule has 10 heteroatoms. The Morgan fingerprint density at radius 1 is 0.667 bits per heavy atom.